The predicted octanol–water partition coefficient (Wildman–Crippen LogP) is 3.86. The Hall–Kier alpha value is -2.73. The summed E-state index contributed by atoms with van der Waals surface area (Å²) in [5.74, 6) is 1.67. The first-order valence-corrected chi connectivity index (χ1v) is 10.6. The normalized spacial score (nSPS) is 14.9. The zero-order valence-electron chi connectivity index (χ0n) is 18.3. The van der Waals surface area contributed by atoms with Crippen LogP contribution in [0.2, 0.25) is 0 Å². The highest BCUT2D eigenvalue weighted by Crippen LogP contribution is 2.27. The van der Waals surface area contributed by atoms with Crippen LogP contribution in [0.15, 0.2) is 48.5 Å². The first kappa shape index (κ1) is 22.0. The van der Waals surface area contributed by atoms with E-state index in [1.54, 1.807) is 19.1 Å². The largest absolute Gasteiger partial charge is 0.497 e. The third-order valence-electron chi connectivity index (χ3n) is 5.54. The van der Waals surface area contributed by atoms with Crippen LogP contribution in [-0.4, -0.2) is 62.8 Å². The maximum absolute atomic E-state index is 12.6. The number of carbonyl (C=O) groups is 1. The average Bonchev–Trinajstić information content (AvgIpc) is 3.28. The third-order valence-corrected chi connectivity index (χ3v) is 5.54. The van der Waals surface area contributed by atoms with Crippen molar-refractivity contribution in [1.29, 1.82) is 0 Å². The van der Waals surface area contributed by atoms with Gasteiger partial charge in [0.05, 0.1) is 19.7 Å². The number of nitrogens with one attached hydrogen (secondary N) is 1. The molecule has 1 N–H and O–H groups in total. The molecule has 1 saturated heterocycles. The van der Waals surface area contributed by atoms with Crippen LogP contribution in [0.4, 0.5) is 4.79 Å². The molecule has 6 heteroatoms. The van der Waals surface area contributed by atoms with Gasteiger partial charge < -0.3 is 19.7 Å². The number of rotatable bonds is 9. The Labute approximate surface area is 179 Å². The molecule has 1 fully saturated rings. The Morgan fingerprint density at radius 3 is 2.60 bits per heavy atom. The molecule has 1 aliphatic rings. The van der Waals surface area contributed by atoms with Crippen LogP contribution in [0.1, 0.15) is 30.0 Å². The van der Waals surface area contributed by atoms with Gasteiger partial charge in [0, 0.05) is 13.6 Å². The topological polar surface area (TPSA) is 54.0 Å². The first-order chi connectivity index (χ1) is 14.6. The lowest BCUT2D eigenvalue weighted by Crippen LogP contribution is -2.43. The fraction of sp³-hybridized carbons (Fsp3) is 0.458. The summed E-state index contributed by atoms with van der Waals surface area (Å²) < 4.78 is 11.2. The fourth-order valence-corrected chi connectivity index (χ4v) is 3.79. The number of likely N-dealkylation sites (tertiary alicyclic amines) is 1. The van der Waals surface area contributed by atoms with Gasteiger partial charge >= 0.3 is 6.03 Å². The predicted molar refractivity (Wildman–Crippen MR) is 119 cm³/mol. The van der Waals surface area contributed by atoms with E-state index < -0.39 is 0 Å². The molecule has 1 atom stereocenters. The van der Waals surface area contributed by atoms with Gasteiger partial charge in [0.15, 0.2) is 0 Å². The molecule has 2 amide bonds. The minimum absolute atomic E-state index is 0.0880. The second kappa shape index (κ2) is 10.9. The Morgan fingerprint density at radius 2 is 1.87 bits per heavy atom. The van der Waals surface area contributed by atoms with Gasteiger partial charge in [-0.3, -0.25) is 4.90 Å². The minimum Gasteiger partial charge on any atom is -0.497 e. The molecular weight excluding hydrogens is 378 g/mol. The number of aryl methyl sites for hydroxylation is 1. The molecule has 2 aromatic carbocycles. The molecule has 1 aliphatic heterocycles. The van der Waals surface area contributed by atoms with E-state index in [-0.39, 0.29) is 12.1 Å². The number of amides is 2. The summed E-state index contributed by atoms with van der Waals surface area (Å²) in [4.78, 5) is 16.7. The molecular formula is C24H33N3O3. The molecule has 162 valence electrons. The summed E-state index contributed by atoms with van der Waals surface area (Å²) in [6.07, 6.45) is 2.40. The number of nitrogens with zero attached hydrogens (tertiary/aromatic N) is 2. The zero-order chi connectivity index (χ0) is 21.3. The standard InChI is InChI=1S/C24H33N3O3/c1-19-8-6-11-22(16-19)30-15-14-26(2)24(28)25-18-23(27-12-4-5-13-27)20-9-7-10-21(17-20)29-3/h6-11,16-17,23H,4-5,12-15,18H2,1-3H3,(H,25,28). The molecule has 0 radical (unpaired) electrons. The molecule has 0 bridgehead atoms. The van der Waals surface area contributed by atoms with Crippen molar-refractivity contribution in [2.45, 2.75) is 25.8 Å². The number of methoxy groups -OCH3 is 1. The number of hydrogen-bond donors (Lipinski definition) is 1. The Bertz CT molecular complexity index is 821. The van der Waals surface area contributed by atoms with Crippen molar-refractivity contribution in [3.63, 3.8) is 0 Å². The van der Waals surface area contributed by atoms with Crippen LogP contribution < -0.4 is 14.8 Å². The molecule has 0 saturated carbocycles. The average molecular weight is 412 g/mol. The summed E-state index contributed by atoms with van der Waals surface area (Å²) in [6.45, 7) is 5.68. The summed E-state index contributed by atoms with van der Waals surface area (Å²) in [5, 5.41) is 3.10. The quantitative estimate of drug-likeness (QED) is 0.681. The second-order valence-corrected chi connectivity index (χ2v) is 7.81. The number of hydrogen-bond acceptors (Lipinski definition) is 4. The Kier molecular flexibility index (Phi) is 7.97. The van der Waals surface area contributed by atoms with Crippen molar-refractivity contribution in [2.75, 3.05) is 46.9 Å². The Balaban J connectivity index is 1.52. The summed E-state index contributed by atoms with van der Waals surface area (Å²) in [5.41, 5.74) is 2.33. The molecule has 0 aromatic heterocycles. The molecule has 6 nitrogen and oxygen atoms in total. The van der Waals surface area contributed by atoms with Crippen molar-refractivity contribution < 1.29 is 14.3 Å². The van der Waals surface area contributed by atoms with Crippen molar-refractivity contribution in [2.24, 2.45) is 0 Å². The highest BCUT2D eigenvalue weighted by Gasteiger charge is 2.24. The van der Waals surface area contributed by atoms with Gasteiger partial charge in [0.25, 0.3) is 0 Å². The number of likely N-dealkylation sites (N-methyl/N-ethyl adjacent to an activating group) is 1. The number of ether oxygens (including phenoxy) is 2. The maximum Gasteiger partial charge on any atom is 0.317 e. The number of urea groups is 1. The van der Waals surface area contributed by atoms with Gasteiger partial charge in [-0.2, -0.15) is 0 Å². The van der Waals surface area contributed by atoms with E-state index in [9.17, 15) is 4.79 Å². The van der Waals surface area contributed by atoms with E-state index in [1.807, 2.05) is 43.3 Å². The molecule has 3 rings (SSSR count). The SMILES string of the molecule is COc1cccc(C(CNC(=O)N(C)CCOc2cccc(C)c2)N2CCCC2)c1. The Morgan fingerprint density at radius 1 is 1.13 bits per heavy atom. The van der Waals surface area contributed by atoms with E-state index in [0.29, 0.717) is 19.7 Å². The maximum atomic E-state index is 12.6. The highest BCUT2D eigenvalue weighted by molar-refractivity contribution is 5.73. The van der Waals surface area contributed by atoms with Crippen molar-refractivity contribution >= 4 is 6.03 Å². The molecule has 30 heavy (non-hydrogen) atoms. The molecule has 1 heterocycles. The van der Waals surface area contributed by atoms with Crippen molar-refractivity contribution in [3.8, 4) is 11.5 Å². The van der Waals surface area contributed by atoms with E-state index in [1.165, 1.54) is 18.4 Å². The number of carbonyl (C=O) groups excluding carboxylic acids is 1. The smallest absolute Gasteiger partial charge is 0.317 e. The van der Waals surface area contributed by atoms with E-state index in [2.05, 4.69) is 22.3 Å². The van der Waals surface area contributed by atoms with Gasteiger partial charge in [-0.05, 0) is 68.2 Å². The van der Waals surface area contributed by atoms with Gasteiger partial charge in [-0.15, -0.1) is 0 Å². The van der Waals surface area contributed by atoms with Crippen LogP contribution in [0, 0.1) is 6.92 Å². The van der Waals surface area contributed by atoms with Crippen LogP contribution in [-0.2, 0) is 0 Å². The van der Waals surface area contributed by atoms with Crippen molar-refractivity contribution in [3.05, 3.63) is 59.7 Å². The minimum atomic E-state index is -0.0880. The lowest BCUT2D eigenvalue weighted by atomic mass is 10.1. The molecule has 1 unspecified atom stereocenters. The third kappa shape index (κ3) is 6.13. The van der Waals surface area contributed by atoms with Crippen LogP contribution >= 0.6 is 0 Å². The summed E-state index contributed by atoms with van der Waals surface area (Å²) >= 11 is 0. The van der Waals surface area contributed by atoms with Crippen LogP contribution in [0.5, 0.6) is 11.5 Å². The summed E-state index contributed by atoms with van der Waals surface area (Å²) in [6, 6.07) is 16.1. The number of benzene rings is 2. The van der Waals surface area contributed by atoms with E-state index in [0.717, 1.165) is 30.2 Å². The van der Waals surface area contributed by atoms with Gasteiger partial charge in [-0.25, -0.2) is 4.79 Å². The van der Waals surface area contributed by atoms with E-state index >= 15 is 0 Å². The monoisotopic (exact) mass is 411 g/mol. The zero-order valence-corrected chi connectivity index (χ0v) is 18.3. The molecule has 0 spiro atoms. The molecule has 0 aliphatic carbocycles. The van der Waals surface area contributed by atoms with Gasteiger partial charge in [0.1, 0.15) is 18.1 Å². The van der Waals surface area contributed by atoms with Gasteiger partial charge in [0.2, 0.25) is 0 Å². The molecule has 2 aromatic rings. The summed E-state index contributed by atoms with van der Waals surface area (Å²) in [7, 11) is 3.48. The van der Waals surface area contributed by atoms with E-state index in [4.69, 9.17) is 9.47 Å². The highest BCUT2D eigenvalue weighted by atomic mass is 16.5. The lowest BCUT2D eigenvalue weighted by Gasteiger charge is -2.29. The van der Waals surface area contributed by atoms with Crippen molar-refractivity contribution in [1.82, 2.24) is 15.1 Å². The second-order valence-electron chi connectivity index (χ2n) is 7.81. The van der Waals surface area contributed by atoms with Crippen LogP contribution in [0.25, 0.3) is 0 Å². The lowest BCUT2D eigenvalue weighted by molar-refractivity contribution is 0.186. The first-order valence-electron chi connectivity index (χ1n) is 10.6. The van der Waals surface area contributed by atoms with Crippen LogP contribution in [0.3, 0.4) is 0 Å². The fourth-order valence-electron chi connectivity index (χ4n) is 3.79. The van der Waals surface area contributed by atoms with Gasteiger partial charge in [-0.1, -0.05) is 24.3 Å².